The fourth-order valence-corrected chi connectivity index (χ4v) is 3.47. The molecule has 17 heavy (non-hydrogen) atoms. The number of rotatable bonds is 1. The third-order valence-corrected chi connectivity index (χ3v) is 5.13. The second-order valence-electron chi connectivity index (χ2n) is 3.89. The summed E-state index contributed by atoms with van der Waals surface area (Å²) in [5.41, 5.74) is 5.68. The van der Waals surface area contributed by atoms with Crippen molar-refractivity contribution in [2.45, 2.75) is 6.42 Å². The molecule has 0 bridgehead atoms. The monoisotopic (exact) mass is 320 g/mol. The van der Waals surface area contributed by atoms with Crippen LogP contribution in [0.15, 0.2) is 10.8 Å². The first-order valence-corrected chi connectivity index (χ1v) is 7.82. The zero-order valence-corrected chi connectivity index (χ0v) is 11.5. The van der Waals surface area contributed by atoms with Gasteiger partial charge in [0.25, 0.3) is 0 Å². The largest absolute Gasteiger partial charge is 0.383 e. The molecule has 0 aliphatic carbocycles. The smallest absolute Gasteiger partial charge is 0.152 e. The van der Waals surface area contributed by atoms with E-state index in [-0.39, 0.29) is 11.5 Å². The highest BCUT2D eigenvalue weighted by Crippen LogP contribution is 2.28. The van der Waals surface area contributed by atoms with Crippen molar-refractivity contribution in [1.82, 2.24) is 9.97 Å². The van der Waals surface area contributed by atoms with Crippen molar-refractivity contribution in [2.24, 2.45) is 0 Å². The van der Waals surface area contributed by atoms with E-state index in [1.54, 1.807) is 0 Å². The van der Waals surface area contributed by atoms with Crippen LogP contribution in [0, 0.1) is 0 Å². The average molecular weight is 321 g/mol. The Morgan fingerprint density at radius 1 is 1.29 bits per heavy atom. The van der Waals surface area contributed by atoms with Gasteiger partial charge < -0.3 is 10.6 Å². The first kappa shape index (κ1) is 12.6. The van der Waals surface area contributed by atoms with Crippen molar-refractivity contribution in [3.05, 3.63) is 10.8 Å². The number of aromatic nitrogens is 2. The maximum absolute atomic E-state index is 11.5. The number of sulfone groups is 1. The lowest BCUT2D eigenvalue weighted by atomic mass is 10.4. The van der Waals surface area contributed by atoms with Crippen molar-refractivity contribution >= 4 is 37.4 Å². The molecular weight excluding hydrogens is 308 g/mol. The Labute approximate surface area is 108 Å². The molecular formula is C9H13BrN4O2S. The predicted molar refractivity (Wildman–Crippen MR) is 69.6 cm³/mol. The Hall–Kier alpha value is -0.890. The van der Waals surface area contributed by atoms with E-state index in [1.165, 1.54) is 6.33 Å². The highest BCUT2D eigenvalue weighted by molar-refractivity contribution is 9.10. The van der Waals surface area contributed by atoms with Crippen molar-refractivity contribution in [3.8, 4) is 0 Å². The summed E-state index contributed by atoms with van der Waals surface area (Å²) < 4.78 is 23.6. The molecule has 0 saturated carbocycles. The van der Waals surface area contributed by atoms with Crippen LogP contribution >= 0.6 is 15.9 Å². The average Bonchev–Trinajstić information content (AvgIpc) is 2.44. The third kappa shape index (κ3) is 2.86. The normalized spacial score (nSPS) is 19.9. The van der Waals surface area contributed by atoms with E-state index in [2.05, 4.69) is 25.9 Å². The molecule has 0 amide bonds. The van der Waals surface area contributed by atoms with E-state index in [9.17, 15) is 8.42 Å². The van der Waals surface area contributed by atoms with E-state index in [0.29, 0.717) is 35.6 Å². The van der Waals surface area contributed by atoms with Gasteiger partial charge in [0.15, 0.2) is 9.84 Å². The van der Waals surface area contributed by atoms with Gasteiger partial charge in [-0.15, -0.1) is 0 Å². The molecule has 1 aromatic rings. The Bertz CT molecular complexity index is 520. The van der Waals surface area contributed by atoms with Gasteiger partial charge in [0.2, 0.25) is 0 Å². The molecule has 8 heteroatoms. The summed E-state index contributed by atoms with van der Waals surface area (Å²) in [6.07, 6.45) is 1.99. The fourth-order valence-electron chi connectivity index (χ4n) is 1.74. The lowest BCUT2D eigenvalue weighted by molar-refractivity contribution is 0.597. The molecule has 2 heterocycles. The third-order valence-electron chi connectivity index (χ3n) is 2.65. The second kappa shape index (κ2) is 4.77. The molecule has 94 valence electrons. The van der Waals surface area contributed by atoms with Gasteiger partial charge in [0.1, 0.15) is 22.4 Å². The quantitative estimate of drug-likeness (QED) is 0.808. The highest BCUT2D eigenvalue weighted by atomic mass is 79.9. The van der Waals surface area contributed by atoms with E-state index in [0.717, 1.165) is 0 Å². The standard InChI is InChI=1S/C9H13BrN4O2S/c10-7-8(11)12-6-13-9(7)14-2-1-4-17(15,16)5-3-14/h6H,1-5H2,(H2,11,12,13). The molecule has 2 N–H and O–H groups in total. The summed E-state index contributed by atoms with van der Waals surface area (Å²) in [6.45, 7) is 1.10. The Morgan fingerprint density at radius 3 is 2.82 bits per heavy atom. The van der Waals surface area contributed by atoms with Crippen LogP contribution in [0.4, 0.5) is 11.6 Å². The van der Waals surface area contributed by atoms with Crippen LogP contribution in [0.3, 0.4) is 0 Å². The lowest BCUT2D eigenvalue weighted by Crippen LogP contribution is -2.28. The Morgan fingerprint density at radius 2 is 2.06 bits per heavy atom. The maximum Gasteiger partial charge on any atom is 0.152 e. The van der Waals surface area contributed by atoms with Gasteiger partial charge in [-0.2, -0.15) is 0 Å². The number of halogens is 1. The molecule has 1 aliphatic heterocycles. The number of hydrogen-bond acceptors (Lipinski definition) is 6. The fraction of sp³-hybridized carbons (Fsp3) is 0.556. The molecule has 1 fully saturated rings. The summed E-state index contributed by atoms with van der Waals surface area (Å²) in [4.78, 5) is 9.93. The Balaban J connectivity index is 2.26. The molecule has 1 aromatic heterocycles. The number of hydrogen-bond donors (Lipinski definition) is 1. The molecule has 0 unspecified atom stereocenters. The van der Waals surface area contributed by atoms with E-state index < -0.39 is 9.84 Å². The maximum atomic E-state index is 11.5. The summed E-state index contributed by atoms with van der Waals surface area (Å²) in [7, 11) is -2.91. The SMILES string of the molecule is Nc1ncnc(N2CCCS(=O)(=O)CC2)c1Br. The highest BCUT2D eigenvalue weighted by Gasteiger charge is 2.22. The van der Waals surface area contributed by atoms with Gasteiger partial charge in [-0.25, -0.2) is 18.4 Å². The number of anilines is 2. The molecule has 0 spiro atoms. The van der Waals surface area contributed by atoms with Crippen LogP contribution in [0.25, 0.3) is 0 Å². The molecule has 0 atom stereocenters. The van der Waals surface area contributed by atoms with Crippen LogP contribution in [-0.4, -0.2) is 43.0 Å². The van der Waals surface area contributed by atoms with Crippen LogP contribution < -0.4 is 10.6 Å². The van der Waals surface area contributed by atoms with Crippen molar-refractivity contribution < 1.29 is 8.42 Å². The lowest BCUT2D eigenvalue weighted by Gasteiger charge is -2.21. The first-order valence-electron chi connectivity index (χ1n) is 5.21. The topological polar surface area (TPSA) is 89.2 Å². The summed E-state index contributed by atoms with van der Waals surface area (Å²) in [5.74, 6) is 1.42. The van der Waals surface area contributed by atoms with Gasteiger partial charge in [-0.1, -0.05) is 0 Å². The van der Waals surface area contributed by atoms with Crippen LogP contribution in [0.1, 0.15) is 6.42 Å². The minimum atomic E-state index is -2.91. The molecule has 6 nitrogen and oxygen atoms in total. The molecule has 0 radical (unpaired) electrons. The van der Waals surface area contributed by atoms with Crippen LogP contribution in [0.2, 0.25) is 0 Å². The minimum absolute atomic E-state index is 0.156. The van der Waals surface area contributed by atoms with Crippen LogP contribution in [0.5, 0.6) is 0 Å². The summed E-state index contributed by atoms with van der Waals surface area (Å²) in [5, 5.41) is 0. The van der Waals surface area contributed by atoms with Crippen molar-refractivity contribution in [3.63, 3.8) is 0 Å². The van der Waals surface area contributed by atoms with Gasteiger partial charge in [0, 0.05) is 13.1 Å². The first-order chi connectivity index (χ1) is 7.99. The van der Waals surface area contributed by atoms with Crippen LogP contribution in [-0.2, 0) is 9.84 Å². The second-order valence-corrected chi connectivity index (χ2v) is 6.99. The zero-order valence-electron chi connectivity index (χ0n) is 9.13. The van der Waals surface area contributed by atoms with Crippen molar-refractivity contribution in [2.75, 3.05) is 35.2 Å². The molecule has 0 aromatic carbocycles. The van der Waals surface area contributed by atoms with E-state index in [1.807, 2.05) is 4.90 Å². The molecule has 1 aliphatic rings. The van der Waals surface area contributed by atoms with E-state index in [4.69, 9.17) is 5.73 Å². The number of nitrogen functional groups attached to an aromatic ring is 1. The minimum Gasteiger partial charge on any atom is -0.383 e. The number of nitrogens with zero attached hydrogens (tertiary/aromatic N) is 3. The number of nitrogens with two attached hydrogens (primary N) is 1. The van der Waals surface area contributed by atoms with Gasteiger partial charge in [-0.05, 0) is 22.4 Å². The van der Waals surface area contributed by atoms with Gasteiger partial charge in [0.05, 0.1) is 11.5 Å². The van der Waals surface area contributed by atoms with Crippen molar-refractivity contribution in [1.29, 1.82) is 0 Å². The van der Waals surface area contributed by atoms with Gasteiger partial charge in [-0.3, -0.25) is 0 Å². The Kier molecular flexibility index (Phi) is 3.53. The summed E-state index contributed by atoms with van der Waals surface area (Å²) in [6, 6.07) is 0. The molecule has 1 saturated heterocycles. The predicted octanol–water partition coefficient (Wildman–Crippen LogP) is 0.446. The zero-order chi connectivity index (χ0) is 12.5. The van der Waals surface area contributed by atoms with E-state index >= 15 is 0 Å². The van der Waals surface area contributed by atoms with Gasteiger partial charge >= 0.3 is 0 Å². The summed E-state index contributed by atoms with van der Waals surface area (Å²) >= 11 is 3.33. The molecule has 2 rings (SSSR count).